The van der Waals surface area contributed by atoms with E-state index in [2.05, 4.69) is 35.8 Å². The SMILES string of the molecule is CC1CNC2(CCSCC2)SC1. The molecule has 0 amide bonds. The molecule has 0 aliphatic carbocycles. The Bertz CT molecular complexity index is 145. The van der Waals surface area contributed by atoms with Crippen LogP contribution in [0.15, 0.2) is 0 Å². The maximum Gasteiger partial charge on any atom is 0.0661 e. The lowest BCUT2D eigenvalue weighted by molar-refractivity contribution is 0.388. The van der Waals surface area contributed by atoms with Crippen LogP contribution >= 0.6 is 23.5 Å². The summed E-state index contributed by atoms with van der Waals surface area (Å²) in [5, 5.41) is 3.73. The number of rotatable bonds is 0. The van der Waals surface area contributed by atoms with Gasteiger partial charge in [-0.05, 0) is 42.6 Å². The molecule has 1 atom stereocenters. The fraction of sp³-hybridized carbons (Fsp3) is 1.00. The van der Waals surface area contributed by atoms with E-state index in [4.69, 9.17) is 0 Å². The molecular formula is C9H17NS2. The van der Waals surface area contributed by atoms with Crippen LogP contribution in [0.2, 0.25) is 0 Å². The minimum Gasteiger partial charge on any atom is -0.302 e. The minimum absolute atomic E-state index is 0.484. The van der Waals surface area contributed by atoms with Crippen LogP contribution in [0.5, 0.6) is 0 Å². The highest BCUT2D eigenvalue weighted by Crippen LogP contribution is 2.39. The molecule has 70 valence electrons. The highest BCUT2D eigenvalue weighted by Gasteiger charge is 2.35. The Morgan fingerprint density at radius 1 is 1.33 bits per heavy atom. The first-order chi connectivity index (χ1) is 5.81. The second-order valence-electron chi connectivity index (χ2n) is 3.90. The van der Waals surface area contributed by atoms with Crippen LogP contribution < -0.4 is 5.32 Å². The van der Waals surface area contributed by atoms with Crippen LogP contribution in [0.1, 0.15) is 19.8 Å². The summed E-state index contributed by atoms with van der Waals surface area (Å²) in [5.74, 6) is 4.94. The van der Waals surface area contributed by atoms with Gasteiger partial charge in [0.2, 0.25) is 0 Å². The van der Waals surface area contributed by atoms with Gasteiger partial charge in [-0.3, -0.25) is 0 Å². The molecule has 12 heavy (non-hydrogen) atoms. The van der Waals surface area contributed by atoms with Crippen LogP contribution in [-0.4, -0.2) is 28.7 Å². The first-order valence-electron chi connectivity index (χ1n) is 4.77. The summed E-state index contributed by atoms with van der Waals surface area (Å²) in [6, 6.07) is 0. The fourth-order valence-electron chi connectivity index (χ4n) is 1.79. The molecule has 2 fully saturated rings. The summed E-state index contributed by atoms with van der Waals surface area (Å²) in [5.41, 5.74) is 0. The summed E-state index contributed by atoms with van der Waals surface area (Å²) < 4.78 is 0. The van der Waals surface area contributed by atoms with E-state index in [1.54, 1.807) is 0 Å². The second kappa shape index (κ2) is 3.81. The minimum atomic E-state index is 0.484. The van der Waals surface area contributed by atoms with Gasteiger partial charge in [0.1, 0.15) is 0 Å². The highest BCUT2D eigenvalue weighted by atomic mass is 32.2. The van der Waals surface area contributed by atoms with Crippen LogP contribution in [0.3, 0.4) is 0 Å². The van der Waals surface area contributed by atoms with Gasteiger partial charge in [0.25, 0.3) is 0 Å². The summed E-state index contributed by atoms with van der Waals surface area (Å²) >= 11 is 4.28. The number of hydrogen-bond acceptors (Lipinski definition) is 3. The number of thioether (sulfide) groups is 2. The molecule has 0 bridgehead atoms. The monoisotopic (exact) mass is 203 g/mol. The van der Waals surface area contributed by atoms with Gasteiger partial charge in [-0.1, -0.05) is 6.92 Å². The van der Waals surface area contributed by atoms with Crippen LogP contribution in [-0.2, 0) is 0 Å². The topological polar surface area (TPSA) is 12.0 Å². The molecule has 0 aromatic heterocycles. The van der Waals surface area contributed by atoms with Gasteiger partial charge < -0.3 is 5.32 Å². The van der Waals surface area contributed by atoms with E-state index in [9.17, 15) is 0 Å². The van der Waals surface area contributed by atoms with Gasteiger partial charge in [0, 0.05) is 0 Å². The molecule has 0 radical (unpaired) electrons. The van der Waals surface area contributed by atoms with Crippen molar-refractivity contribution in [1.29, 1.82) is 0 Å². The third kappa shape index (κ3) is 1.94. The first kappa shape index (κ1) is 9.22. The molecule has 2 saturated heterocycles. The molecule has 0 aromatic carbocycles. The smallest absolute Gasteiger partial charge is 0.0661 e. The summed E-state index contributed by atoms with van der Waals surface area (Å²) in [4.78, 5) is 0.484. The summed E-state index contributed by atoms with van der Waals surface area (Å²) in [6.07, 6.45) is 2.74. The Morgan fingerprint density at radius 2 is 2.08 bits per heavy atom. The van der Waals surface area contributed by atoms with Crippen molar-refractivity contribution >= 4 is 23.5 Å². The lowest BCUT2D eigenvalue weighted by Crippen LogP contribution is -2.50. The summed E-state index contributed by atoms with van der Waals surface area (Å²) in [7, 11) is 0. The predicted octanol–water partition coefficient (Wildman–Crippen LogP) is 2.18. The molecule has 0 aromatic rings. The van der Waals surface area contributed by atoms with Crippen molar-refractivity contribution in [3.63, 3.8) is 0 Å². The Kier molecular flexibility index (Phi) is 2.93. The zero-order valence-corrected chi connectivity index (χ0v) is 9.27. The van der Waals surface area contributed by atoms with E-state index in [-0.39, 0.29) is 0 Å². The Morgan fingerprint density at radius 3 is 2.67 bits per heavy atom. The average molecular weight is 203 g/mol. The predicted molar refractivity (Wildman–Crippen MR) is 58.9 cm³/mol. The maximum atomic E-state index is 3.73. The highest BCUT2D eigenvalue weighted by molar-refractivity contribution is 8.01. The Balaban J connectivity index is 1.92. The van der Waals surface area contributed by atoms with Gasteiger partial charge in [-0.25, -0.2) is 0 Å². The Labute approximate surface area is 83.4 Å². The average Bonchev–Trinajstić information content (AvgIpc) is 2.13. The first-order valence-corrected chi connectivity index (χ1v) is 6.91. The standard InChI is InChI=1S/C9H17NS2/c1-8-6-10-9(12-7-8)2-4-11-5-3-9/h8,10H,2-7H2,1H3. The van der Waals surface area contributed by atoms with E-state index >= 15 is 0 Å². The van der Waals surface area contributed by atoms with Crippen molar-refractivity contribution in [2.75, 3.05) is 23.8 Å². The number of nitrogens with one attached hydrogen (secondary N) is 1. The van der Waals surface area contributed by atoms with Crippen molar-refractivity contribution in [1.82, 2.24) is 5.32 Å². The molecule has 1 N–H and O–H groups in total. The molecule has 3 heteroatoms. The fourth-order valence-corrected chi connectivity index (χ4v) is 4.64. The normalized spacial score (nSPS) is 35.2. The van der Waals surface area contributed by atoms with Gasteiger partial charge >= 0.3 is 0 Å². The molecule has 1 spiro atoms. The molecule has 2 rings (SSSR count). The van der Waals surface area contributed by atoms with Crippen LogP contribution in [0, 0.1) is 5.92 Å². The van der Waals surface area contributed by atoms with E-state index in [1.807, 2.05) is 0 Å². The molecule has 2 aliphatic heterocycles. The van der Waals surface area contributed by atoms with Gasteiger partial charge in [0.05, 0.1) is 4.87 Å². The molecule has 2 heterocycles. The van der Waals surface area contributed by atoms with Gasteiger partial charge in [0.15, 0.2) is 0 Å². The van der Waals surface area contributed by atoms with Crippen LogP contribution in [0.4, 0.5) is 0 Å². The van der Waals surface area contributed by atoms with Gasteiger partial charge in [-0.15, -0.1) is 11.8 Å². The molecule has 0 saturated carbocycles. The van der Waals surface area contributed by atoms with Crippen molar-refractivity contribution in [3.05, 3.63) is 0 Å². The third-order valence-electron chi connectivity index (χ3n) is 2.72. The second-order valence-corrected chi connectivity index (χ2v) is 6.53. The van der Waals surface area contributed by atoms with Crippen molar-refractivity contribution < 1.29 is 0 Å². The van der Waals surface area contributed by atoms with E-state index in [1.165, 1.54) is 36.6 Å². The van der Waals surface area contributed by atoms with Crippen molar-refractivity contribution in [3.8, 4) is 0 Å². The summed E-state index contributed by atoms with van der Waals surface area (Å²) in [6.45, 7) is 3.57. The molecular weight excluding hydrogens is 186 g/mol. The quantitative estimate of drug-likeness (QED) is 0.648. The molecule has 1 nitrogen and oxygen atoms in total. The Hall–Kier alpha value is 0.660. The molecule has 1 unspecified atom stereocenters. The van der Waals surface area contributed by atoms with E-state index in [0.29, 0.717) is 4.87 Å². The van der Waals surface area contributed by atoms with Crippen molar-refractivity contribution in [2.45, 2.75) is 24.6 Å². The lowest BCUT2D eigenvalue weighted by Gasteiger charge is -2.42. The van der Waals surface area contributed by atoms with E-state index < -0.39 is 0 Å². The molecule has 2 aliphatic rings. The van der Waals surface area contributed by atoms with Crippen LogP contribution in [0.25, 0.3) is 0 Å². The maximum absolute atomic E-state index is 3.73. The third-order valence-corrected chi connectivity index (χ3v) is 5.54. The number of hydrogen-bond donors (Lipinski definition) is 1. The largest absolute Gasteiger partial charge is 0.302 e. The zero-order chi connectivity index (χ0) is 8.44. The van der Waals surface area contributed by atoms with Crippen molar-refractivity contribution in [2.24, 2.45) is 5.92 Å². The van der Waals surface area contributed by atoms with E-state index in [0.717, 1.165) is 5.92 Å². The lowest BCUT2D eigenvalue weighted by atomic mass is 10.1. The zero-order valence-electron chi connectivity index (χ0n) is 7.64. The van der Waals surface area contributed by atoms with Gasteiger partial charge in [-0.2, -0.15) is 11.8 Å².